The fourth-order valence-electron chi connectivity index (χ4n) is 7.35. The van der Waals surface area contributed by atoms with Crippen LogP contribution in [0.2, 0.25) is 5.02 Å². The molecule has 1 aliphatic carbocycles. The predicted molar refractivity (Wildman–Crippen MR) is 232 cm³/mol. The number of fused-ring (bicyclic) bond motifs is 2. The number of nitrogens with one attached hydrogen (secondary N) is 1. The van der Waals surface area contributed by atoms with E-state index in [4.69, 9.17) is 16.3 Å². The summed E-state index contributed by atoms with van der Waals surface area (Å²) in [5.41, 5.74) is -4.78. The molecular formula is C43H38ClF10N7O5S2. The molecular weight excluding hydrogens is 984 g/mol. The van der Waals surface area contributed by atoms with Crippen LogP contribution in [0, 0.1) is 23.5 Å². The number of halogens is 11. The summed E-state index contributed by atoms with van der Waals surface area (Å²) in [4.78, 5) is 42.9. The van der Waals surface area contributed by atoms with Crippen LogP contribution in [0.5, 0.6) is 0 Å². The average molecular weight is 1020 g/mol. The van der Waals surface area contributed by atoms with E-state index in [1.165, 1.54) is 36.0 Å². The highest BCUT2D eigenvalue weighted by Crippen LogP contribution is 2.47. The molecule has 1 aliphatic rings. The Morgan fingerprint density at radius 1 is 1.04 bits per heavy atom. The van der Waals surface area contributed by atoms with E-state index in [-0.39, 0.29) is 62.6 Å². The quantitative estimate of drug-likeness (QED) is 0.0470. The third-order valence-corrected chi connectivity index (χ3v) is 12.6. The Bertz CT molecular complexity index is 2840. The number of nitrogens with zero attached hydrogens (tertiary/aromatic N) is 6. The number of rotatable bonds is 15. The van der Waals surface area contributed by atoms with E-state index in [2.05, 4.69) is 32.3 Å². The van der Waals surface area contributed by atoms with Crippen LogP contribution >= 0.6 is 23.4 Å². The van der Waals surface area contributed by atoms with Crippen molar-refractivity contribution in [1.82, 2.24) is 29.9 Å². The zero-order valence-electron chi connectivity index (χ0n) is 36.1. The molecule has 6 rings (SSSR count). The maximum Gasteiger partial charge on any atom is 0.435 e. The van der Waals surface area contributed by atoms with E-state index in [1.54, 1.807) is 20.1 Å². The Hall–Kier alpha value is -5.67. The normalized spacial score (nSPS) is 14.5. The molecule has 364 valence electrons. The lowest BCUT2D eigenvalue weighted by Crippen LogP contribution is -2.35. The highest BCUT2D eigenvalue weighted by atomic mass is 35.5. The lowest BCUT2D eigenvalue weighted by Gasteiger charge is -2.23. The Labute approximate surface area is 392 Å². The second kappa shape index (κ2) is 20.1. The van der Waals surface area contributed by atoms with Gasteiger partial charge in [0.05, 0.1) is 39.0 Å². The molecule has 25 heteroatoms. The standard InChI is InChI=1S/C43H38ClF10N7O5S2/c1-40(2,67-3)13-11-26-7-8-27(28-9-10-30(44)33-35(28)60(22-42(49,50)51)58-38(33)61(68(4)65)39(64)66-16-6-5-15-62)34(55-26)31(19-23-17-24(45)20-25(46)18-23)56-32(63)21-59-37-29(12-14-41(37,47)48)36(57-59)43(52,53)54/h7-10,15,17-18,20,31H,5-6,12,14,16,19,21-22H2,1-4H3,(H,56,63). The topological polar surface area (TPSA) is 141 Å². The van der Waals surface area contributed by atoms with E-state index in [1.807, 2.05) is 0 Å². The number of pyridine rings is 1. The van der Waals surface area contributed by atoms with Gasteiger partial charge < -0.3 is 14.8 Å². The van der Waals surface area contributed by atoms with Crippen LogP contribution in [-0.2, 0) is 63.3 Å². The summed E-state index contributed by atoms with van der Waals surface area (Å²) >= 11 is 8.01. The number of benzene rings is 2. The molecule has 0 aliphatic heterocycles. The lowest BCUT2D eigenvalue weighted by atomic mass is 9.93. The van der Waals surface area contributed by atoms with E-state index < -0.39 is 124 Å². The maximum absolute atomic E-state index is 15.1. The van der Waals surface area contributed by atoms with E-state index in [0.717, 1.165) is 18.4 Å². The summed E-state index contributed by atoms with van der Waals surface area (Å²) in [6.45, 7) is 0.117. The Morgan fingerprint density at radius 3 is 2.34 bits per heavy atom. The number of alkyl halides is 8. The van der Waals surface area contributed by atoms with E-state index >= 15 is 8.78 Å². The third kappa shape index (κ3) is 11.8. The van der Waals surface area contributed by atoms with Gasteiger partial charge in [-0.25, -0.2) is 22.8 Å². The number of unbranched alkanes of at least 4 members (excludes halogenated alkanes) is 1. The molecule has 3 heterocycles. The van der Waals surface area contributed by atoms with Gasteiger partial charge in [-0.05, 0) is 81.2 Å². The van der Waals surface area contributed by atoms with Gasteiger partial charge >= 0.3 is 18.4 Å². The summed E-state index contributed by atoms with van der Waals surface area (Å²) in [7, 11) is -2.38. The lowest BCUT2D eigenvalue weighted by molar-refractivity contribution is -0.142. The van der Waals surface area contributed by atoms with Crippen LogP contribution < -0.4 is 9.62 Å². The van der Waals surface area contributed by atoms with Crippen molar-refractivity contribution in [3.05, 3.63) is 93.0 Å². The first kappa shape index (κ1) is 51.7. The zero-order chi connectivity index (χ0) is 50.1. The summed E-state index contributed by atoms with van der Waals surface area (Å²) < 4.78 is 164. The number of carbonyl (C=O) groups is 3. The molecule has 0 saturated carbocycles. The van der Waals surface area contributed by atoms with E-state index in [0.29, 0.717) is 21.3 Å². The molecule has 5 aromatic rings. The summed E-state index contributed by atoms with van der Waals surface area (Å²) in [6, 6.07) is 5.77. The molecule has 12 nitrogen and oxygen atoms in total. The number of thioether (sulfide) groups is 1. The number of hydrogen-bond acceptors (Lipinski definition) is 9. The first-order valence-electron chi connectivity index (χ1n) is 20.1. The summed E-state index contributed by atoms with van der Waals surface area (Å²) in [5, 5.41) is 9.21. The number of anilines is 1. The molecule has 68 heavy (non-hydrogen) atoms. The monoisotopic (exact) mass is 1020 g/mol. The molecule has 0 bridgehead atoms. The molecule has 0 spiro atoms. The molecule has 0 radical (unpaired) electrons. The summed E-state index contributed by atoms with van der Waals surface area (Å²) in [6.07, 6.45) is -10.4. The molecule has 2 amide bonds. The van der Waals surface area contributed by atoms with Crippen LogP contribution in [-0.4, -0.2) is 77.1 Å². The van der Waals surface area contributed by atoms with Gasteiger partial charge in [0.2, 0.25) is 5.91 Å². The van der Waals surface area contributed by atoms with Crippen molar-refractivity contribution in [3.8, 4) is 23.0 Å². The number of carbonyl (C=O) groups excluding carboxylic acids is 3. The van der Waals surface area contributed by atoms with E-state index in [9.17, 15) is 53.7 Å². The minimum atomic E-state index is -5.18. The second-order valence-electron chi connectivity index (χ2n) is 15.8. The number of aldehydes is 1. The van der Waals surface area contributed by atoms with Crippen LogP contribution in [0.4, 0.5) is 54.5 Å². The number of ether oxygens (including phenoxy) is 1. The Morgan fingerprint density at radius 2 is 1.72 bits per heavy atom. The van der Waals surface area contributed by atoms with Gasteiger partial charge in [0.15, 0.2) is 11.5 Å². The molecule has 0 fully saturated rings. The highest BCUT2D eigenvalue weighted by molar-refractivity contribution is 8.00. The number of amides is 2. The van der Waals surface area contributed by atoms with Crippen molar-refractivity contribution >= 4 is 69.4 Å². The molecule has 2 unspecified atom stereocenters. The molecule has 0 saturated heterocycles. The van der Waals surface area contributed by atoms with Gasteiger partial charge in [-0.2, -0.15) is 49.6 Å². The molecule has 2 atom stereocenters. The first-order valence-corrected chi connectivity index (χ1v) is 23.2. The van der Waals surface area contributed by atoms with Gasteiger partial charge in [0, 0.05) is 41.9 Å². The SMILES string of the molecule is CSC(C)(C)C#Cc1ccc(-c2ccc(Cl)c3c(N(C(=O)OCCCC=O)S(C)=O)nn(CC(F)(F)F)c23)c(C(Cc2cc(F)cc(F)c2)NC(=O)Cn2nc(C(F)(F)F)c3c2C(F)(F)CC3)n1. The van der Waals surface area contributed by atoms with Crippen molar-refractivity contribution in [2.24, 2.45) is 0 Å². The van der Waals surface area contributed by atoms with Crippen LogP contribution in [0.3, 0.4) is 0 Å². The molecule has 3 aromatic heterocycles. The van der Waals surface area contributed by atoms with Crippen molar-refractivity contribution in [2.75, 3.05) is 23.4 Å². The Kier molecular flexibility index (Phi) is 15.3. The van der Waals surface area contributed by atoms with Crippen molar-refractivity contribution in [2.45, 2.75) is 88.1 Å². The fourth-order valence-corrected chi connectivity index (χ4v) is 8.38. The summed E-state index contributed by atoms with van der Waals surface area (Å²) in [5.74, 6) is -1.99. The number of aromatic nitrogens is 5. The van der Waals surface area contributed by atoms with Crippen molar-refractivity contribution in [1.29, 1.82) is 0 Å². The molecule has 2 aromatic carbocycles. The van der Waals surface area contributed by atoms with Crippen molar-refractivity contribution in [3.63, 3.8) is 0 Å². The minimum Gasteiger partial charge on any atom is -0.448 e. The smallest absolute Gasteiger partial charge is 0.435 e. The van der Waals surface area contributed by atoms with Crippen molar-refractivity contribution < 1.29 is 67.2 Å². The van der Waals surface area contributed by atoms with Gasteiger partial charge in [0.1, 0.15) is 53.4 Å². The zero-order valence-corrected chi connectivity index (χ0v) is 38.4. The Balaban J connectivity index is 1.60. The maximum atomic E-state index is 15.1. The fraction of sp³-hybridized carbons (Fsp3) is 0.395. The molecule has 1 N–H and O–H groups in total. The van der Waals surface area contributed by atoms with Crippen LogP contribution in [0.1, 0.15) is 73.1 Å². The average Bonchev–Trinajstić information content (AvgIpc) is 3.89. The van der Waals surface area contributed by atoms with Gasteiger partial charge in [0.25, 0.3) is 5.92 Å². The highest BCUT2D eigenvalue weighted by Gasteiger charge is 2.50. The van der Waals surface area contributed by atoms with Crippen LogP contribution in [0.15, 0.2) is 42.5 Å². The van der Waals surface area contributed by atoms with Gasteiger partial charge in [-0.1, -0.05) is 23.6 Å². The van der Waals surface area contributed by atoms with Crippen LogP contribution in [0.25, 0.3) is 22.0 Å². The largest absolute Gasteiger partial charge is 0.448 e. The third-order valence-electron chi connectivity index (χ3n) is 10.4. The number of hydrogen-bond donors (Lipinski definition) is 1. The predicted octanol–water partition coefficient (Wildman–Crippen LogP) is 9.65. The minimum absolute atomic E-state index is 0.0190. The second-order valence-corrected chi connectivity index (χ2v) is 18.8. The van der Waals surface area contributed by atoms with Gasteiger partial charge in [-0.3, -0.25) is 14.2 Å². The van der Waals surface area contributed by atoms with Gasteiger partial charge in [-0.15, -0.1) is 11.8 Å². The first-order chi connectivity index (χ1) is 31.7.